The summed E-state index contributed by atoms with van der Waals surface area (Å²) in [6, 6.07) is 1.95. The van der Waals surface area contributed by atoms with Gasteiger partial charge >= 0.3 is 0 Å². The predicted octanol–water partition coefficient (Wildman–Crippen LogP) is 3.20. The van der Waals surface area contributed by atoms with Crippen LogP contribution in [0.5, 0.6) is 0 Å². The Labute approximate surface area is 85.6 Å². The molecule has 0 saturated heterocycles. The van der Waals surface area contributed by atoms with Crippen molar-refractivity contribution >= 4 is 28.1 Å². The van der Waals surface area contributed by atoms with E-state index in [-0.39, 0.29) is 5.41 Å². The largest absolute Gasteiger partial charge is 0.334 e. The minimum Gasteiger partial charge on any atom is -0.334 e. The summed E-state index contributed by atoms with van der Waals surface area (Å²) in [5.74, 6) is 0. The van der Waals surface area contributed by atoms with E-state index in [2.05, 4.69) is 46.7 Å². The van der Waals surface area contributed by atoms with Crippen LogP contribution in [0.2, 0.25) is 0 Å². The summed E-state index contributed by atoms with van der Waals surface area (Å²) < 4.78 is 1.31. The highest BCUT2D eigenvalue weighted by Crippen LogP contribution is 2.21. The van der Waals surface area contributed by atoms with E-state index in [4.69, 9.17) is 12.2 Å². The topological polar surface area (TPSA) is 28.7 Å². The molecule has 1 N–H and O–H groups in total. The molecular formula is C8H11BrN2S. The first-order chi connectivity index (χ1) is 5.39. The molecule has 2 nitrogen and oxygen atoms in total. The molecule has 4 heteroatoms. The maximum absolute atomic E-state index is 4.96. The van der Waals surface area contributed by atoms with Gasteiger partial charge in [0.2, 0.25) is 0 Å². The Morgan fingerprint density at radius 3 is 2.50 bits per heavy atom. The minimum atomic E-state index is 0.0824. The Morgan fingerprint density at radius 1 is 1.50 bits per heavy atom. The second kappa shape index (κ2) is 3.26. The molecule has 0 amide bonds. The number of hydrogen-bond donors (Lipinski definition) is 1. The molecule has 1 aromatic rings. The van der Waals surface area contributed by atoms with Gasteiger partial charge in [0.25, 0.3) is 0 Å². The van der Waals surface area contributed by atoms with E-state index in [1.807, 2.05) is 6.07 Å². The molecule has 0 radical (unpaired) electrons. The molecule has 0 atom stereocenters. The van der Waals surface area contributed by atoms with Crippen molar-refractivity contribution in [3.63, 3.8) is 0 Å². The third-order valence-corrected chi connectivity index (χ3v) is 2.12. The van der Waals surface area contributed by atoms with Crippen LogP contribution in [0.1, 0.15) is 26.5 Å². The standard InChI is InChI=1S/C8H11BrN2S/c1-8(2,3)5-4-6(9)11-7(12)10-5/h4H,1-3H3,(H,10,11,12). The number of hydrogen-bond acceptors (Lipinski definition) is 2. The molecule has 1 rings (SSSR count). The van der Waals surface area contributed by atoms with Crippen molar-refractivity contribution in [1.82, 2.24) is 9.97 Å². The molecular weight excluding hydrogens is 236 g/mol. The number of aromatic nitrogens is 2. The maximum Gasteiger partial charge on any atom is 0.198 e. The van der Waals surface area contributed by atoms with Crippen LogP contribution < -0.4 is 0 Å². The van der Waals surface area contributed by atoms with Gasteiger partial charge in [-0.1, -0.05) is 20.8 Å². The van der Waals surface area contributed by atoms with Gasteiger partial charge in [-0.2, -0.15) is 0 Å². The van der Waals surface area contributed by atoms with Crippen molar-refractivity contribution in [2.24, 2.45) is 0 Å². The fraction of sp³-hybridized carbons (Fsp3) is 0.500. The molecule has 1 heterocycles. The van der Waals surface area contributed by atoms with E-state index in [0.29, 0.717) is 4.77 Å². The lowest BCUT2D eigenvalue weighted by molar-refractivity contribution is 0.565. The first kappa shape index (κ1) is 9.86. The highest BCUT2D eigenvalue weighted by atomic mass is 79.9. The third-order valence-electron chi connectivity index (χ3n) is 1.52. The second-order valence-corrected chi connectivity index (χ2v) is 4.87. The summed E-state index contributed by atoms with van der Waals surface area (Å²) in [6.07, 6.45) is 0. The molecule has 0 unspecified atom stereocenters. The van der Waals surface area contributed by atoms with Crippen LogP contribution in [0.4, 0.5) is 0 Å². The number of halogens is 1. The smallest absolute Gasteiger partial charge is 0.198 e. The van der Waals surface area contributed by atoms with Gasteiger partial charge in [0.15, 0.2) is 4.77 Å². The van der Waals surface area contributed by atoms with E-state index >= 15 is 0 Å². The first-order valence-electron chi connectivity index (χ1n) is 3.67. The summed E-state index contributed by atoms with van der Waals surface area (Å²) in [7, 11) is 0. The van der Waals surface area contributed by atoms with Crippen molar-refractivity contribution in [3.05, 3.63) is 21.1 Å². The van der Waals surface area contributed by atoms with Crippen LogP contribution in [0.15, 0.2) is 10.7 Å². The normalized spacial score (nSPS) is 11.7. The van der Waals surface area contributed by atoms with Crippen molar-refractivity contribution in [1.29, 1.82) is 0 Å². The molecule has 12 heavy (non-hydrogen) atoms. The monoisotopic (exact) mass is 246 g/mol. The first-order valence-corrected chi connectivity index (χ1v) is 4.87. The van der Waals surface area contributed by atoms with E-state index < -0.39 is 0 Å². The lowest BCUT2D eigenvalue weighted by atomic mass is 9.92. The van der Waals surface area contributed by atoms with Gasteiger partial charge in [0, 0.05) is 11.1 Å². The fourth-order valence-electron chi connectivity index (χ4n) is 0.832. The predicted molar refractivity (Wildman–Crippen MR) is 55.8 cm³/mol. The van der Waals surface area contributed by atoms with Crippen molar-refractivity contribution < 1.29 is 0 Å². The molecule has 0 bridgehead atoms. The average Bonchev–Trinajstić information content (AvgIpc) is 1.82. The number of nitrogens with zero attached hydrogens (tertiary/aromatic N) is 1. The van der Waals surface area contributed by atoms with Crippen LogP contribution in [0.3, 0.4) is 0 Å². The summed E-state index contributed by atoms with van der Waals surface area (Å²) in [5.41, 5.74) is 1.17. The molecule has 0 aliphatic heterocycles. The molecule has 0 aromatic carbocycles. The van der Waals surface area contributed by atoms with Crippen molar-refractivity contribution in [2.75, 3.05) is 0 Å². The summed E-state index contributed by atoms with van der Waals surface area (Å²) >= 11 is 8.27. The molecule has 0 fully saturated rings. The van der Waals surface area contributed by atoms with Crippen molar-refractivity contribution in [2.45, 2.75) is 26.2 Å². The molecule has 0 aliphatic rings. The zero-order valence-corrected chi connectivity index (χ0v) is 9.71. The van der Waals surface area contributed by atoms with E-state index in [9.17, 15) is 0 Å². The summed E-state index contributed by atoms with van der Waals surface area (Å²) in [5, 5.41) is 0. The Morgan fingerprint density at radius 2 is 2.08 bits per heavy atom. The number of nitrogens with one attached hydrogen (secondary N) is 1. The van der Waals surface area contributed by atoms with Crippen LogP contribution in [-0.4, -0.2) is 9.97 Å². The van der Waals surface area contributed by atoms with E-state index in [1.54, 1.807) is 0 Å². The summed E-state index contributed by atoms with van der Waals surface area (Å²) in [6.45, 7) is 6.38. The van der Waals surface area contributed by atoms with Crippen LogP contribution in [0, 0.1) is 4.77 Å². The highest BCUT2D eigenvalue weighted by Gasteiger charge is 2.14. The van der Waals surface area contributed by atoms with Gasteiger partial charge in [-0.3, -0.25) is 0 Å². The van der Waals surface area contributed by atoms with Crippen molar-refractivity contribution in [3.8, 4) is 0 Å². The third kappa shape index (κ3) is 2.38. The molecule has 0 saturated carbocycles. The second-order valence-electron chi connectivity index (χ2n) is 3.67. The van der Waals surface area contributed by atoms with Crippen LogP contribution in [-0.2, 0) is 5.41 Å². The Bertz CT molecular complexity index is 338. The van der Waals surface area contributed by atoms with Gasteiger partial charge in [-0.25, -0.2) is 4.98 Å². The fourth-order valence-corrected chi connectivity index (χ4v) is 1.56. The lowest BCUT2D eigenvalue weighted by Crippen LogP contribution is -2.13. The number of H-pyrrole nitrogens is 1. The molecule has 0 aliphatic carbocycles. The molecule has 66 valence electrons. The lowest BCUT2D eigenvalue weighted by Gasteiger charge is -2.18. The Hall–Kier alpha value is -0.220. The highest BCUT2D eigenvalue weighted by molar-refractivity contribution is 9.10. The molecule has 1 aromatic heterocycles. The zero-order valence-electron chi connectivity index (χ0n) is 7.31. The maximum atomic E-state index is 4.96. The van der Waals surface area contributed by atoms with Gasteiger partial charge in [-0.05, 0) is 34.2 Å². The van der Waals surface area contributed by atoms with Gasteiger partial charge in [-0.15, -0.1) is 0 Å². The van der Waals surface area contributed by atoms with Crippen LogP contribution in [0.25, 0.3) is 0 Å². The van der Waals surface area contributed by atoms with Gasteiger partial charge in [0.05, 0.1) is 0 Å². The zero-order chi connectivity index (χ0) is 9.35. The molecule has 0 spiro atoms. The minimum absolute atomic E-state index is 0.0824. The quantitative estimate of drug-likeness (QED) is 0.563. The number of aromatic amines is 1. The average molecular weight is 247 g/mol. The Balaban J connectivity index is 3.27. The van der Waals surface area contributed by atoms with Gasteiger partial charge < -0.3 is 4.98 Å². The Kier molecular flexibility index (Phi) is 2.68. The van der Waals surface area contributed by atoms with E-state index in [1.165, 1.54) is 0 Å². The van der Waals surface area contributed by atoms with E-state index in [0.717, 1.165) is 10.3 Å². The SMILES string of the molecule is CC(C)(C)c1cc(Br)nc(=S)[nH]1. The number of rotatable bonds is 0. The van der Waals surface area contributed by atoms with Crippen LogP contribution >= 0.6 is 28.1 Å². The summed E-state index contributed by atoms with van der Waals surface area (Å²) in [4.78, 5) is 7.09. The van der Waals surface area contributed by atoms with Gasteiger partial charge in [0.1, 0.15) is 4.60 Å².